The molecule has 2 heteroatoms. The summed E-state index contributed by atoms with van der Waals surface area (Å²) in [7, 11) is 0. The highest BCUT2D eigenvalue weighted by Crippen LogP contribution is 2.24. The summed E-state index contributed by atoms with van der Waals surface area (Å²) in [6, 6.07) is 17.8. The number of carbonyl (C=O) groups is 1. The van der Waals surface area contributed by atoms with Gasteiger partial charge in [-0.05, 0) is 23.1 Å². The molecule has 2 nitrogen and oxygen atoms in total. The fourth-order valence-corrected chi connectivity index (χ4v) is 2.09. The van der Waals surface area contributed by atoms with Gasteiger partial charge in [0.15, 0.2) is 0 Å². The Balaban J connectivity index is 2.28. The first-order valence-electron chi connectivity index (χ1n) is 6.10. The van der Waals surface area contributed by atoms with E-state index in [1.54, 1.807) is 0 Å². The second-order valence-electron chi connectivity index (χ2n) is 4.29. The predicted molar refractivity (Wildman–Crippen MR) is 72.5 cm³/mol. The number of carboxylic acids is 1. The van der Waals surface area contributed by atoms with Crippen LogP contribution >= 0.6 is 0 Å². The van der Waals surface area contributed by atoms with Crippen LogP contribution in [0.4, 0.5) is 0 Å². The minimum Gasteiger partial charge on any atom is -0.481 e. The number of hydrogen-bond donors (Lipinski definition) is 1. The first-order chi connectivity index (χ1) is 8.72. The Bertz CT molecular complexity index is 515. The van der Waals surface area contributed by atoms with Gasteiger partial charge in [0, 0.05) is 0 Å². The Hall–Kier alpha value is -2.09. The molecular formula is C16H16O2. The zero-order chi connectivity index (χ0) is 13.0. The number of carboxylic acid groups (broad SMARTS) is 1. The number of hydrogen-bond acceptors (Lipinski definition) is 1. The van der Waals surface area contributed by atoms with E-state index in [9.17, 15) is 4.79 Å². The van der Waals surface area contributed by atoms with Gasteiger partial charge < -0.3 is 5.11 Å². The third-order valence-corrected chi connectivity index (χ3v) is 3.13. The van der Waals surface area contributed by atoms with Gasteiger partial charge in [0.2, 0.25) is 0 Å². The molecule has 0 aliphatic heterocycles. The van der Waals surface area contributed by atoms with E-state index in [0.717, 1.165) is 16.7 Å². The van der Waals surface area contributed by atoms with Gasteiger partial charge in [-0.2, -0.15) is 0 Å². The van der Waals surface area contributed by atoms with Gasteiger partial charge in [0.05, 0.1) is 5.92 Å². The number of rotatable bonds is 4. The maximum absolute atomic E-state index is 11.1. The van der Waals surface area contributed by atoms with Gasteiger partial charge in [-0.3, -0.25) is 4.79 Å². The largest absolute Gasteiger partial charge is 0.481 e. The van der Waals surface area contributed by atoms with Crippen molar-refractivity contribution in [2.24, 2.45) is 0 Å². The molecule has 2 aromatic carbocycles. The summed E-state index contributed by atoms with van der Waals surface area (Å²) in [5, 5.41) is 9.11. The van der Waals surface area contributed by atoms with E-state index < -0.39 is 11.9 Å². The van der Waals surface area contributed by atoms with Gasteiger partial charge in [-0.1, -0.05) is 61.5 Å². The maximum Gasteiger partial charge on any atom is 0.310 e. The van der Waals surface area contributed by atoms with Gasteiger partial charge in [0.25, 0.3) is 0 Å². The molecule has 0 heterocycles. The first-order valence-corrected chi connectivity index (χ1v) is 6.10. The molecule has 0 saturated carbocycles. The molecule has 2 rings (SSSR count). The molecule has 0 aliphatic carbocycles. The summed E-state index contributed by atoms with van der Waals surface area (Å²) in [5.74, 6) is -1.17. The van der Waals surface area contributed by atoms with E-state index >= 15 is 0 Å². The Morgan fingerprint density at radius 3 is 2.06 bits per heavy atom. The zero-order valence-electron chi connectivity index (χ0n) is 10.3. The van der Waals surface area contributed by atoms with Crippen LogP contribution in [0, 0.1) is 0 Å². The molecule has 1 atom stereocenters. The number of aliphatic carboxylic acids is 1. The first kappa shape index (κ1) is 12.4. The van der Waals surface area contributed by atoms with E-state index in [0.29, 0.717) is 6.42 Å². The molecule has 92 valence electrons. The van der Waals surface area contributed by atoms with Crippen LogP contribution in [0.25, 0.3) is 11.1 Å². The molecule has 0 spiro atoms. The van der Waals surface area contributed by atoms with Crippen LogP contribution in [0.3, 0.4) is 0 Å². The summed E-state index contributed by atoms with van der Waals surface area (Å²) in [5.41, 5.74) is 3.12. The number of benzene rings is 2. The van der Waals surface area contributed by atoms with Crippen LogP contribution in [0.5, 0.6) is 0 Å². The second kappa shape index (κ2) is 5.50. The average molecular weight is 240 g/mol. The highest BCUT2D eigenvalue weighted by Gasteiger charge is 2.16. The average Bonchev–Trinajstić information content (AvgIpc) is 2.41. The highest BCUT2D eigenvalue weighted by atomic mass is 16.4. The SMILES string of the molecule is CC[C@H](C(=O)O)c1ccc(-c2ccccc2)cc1. The molecule has 0 unspecified atom stereocenters. The lowest BCUT2D eigenvalue weighted by Gasteiger charge is -2.10. The molecule has 0 aliphatic rings. The predicted octanol–water partition coefficient (Wildman–Crippen LogP) is 3.93. The maximum atomic E-state index is 11.1. The molecule has 0 bridgehead atoms. The quantitative estimate of drug-likeness (QED) is 0.879. The van der Waals surface area contributed by atoms with Crippen molar-refractivity contribution in [1.82, 2.24) is 0 Å². The van der Waals surface area contributed by atoms with Gasteiger partial charge in [-0.25, -0.2) is 0 Å². The van der Waals surface area contributed by atoms with Crippen molar-refractivity contribution >= 4 is 5.97 Å². The normalized spacial score (nSPS) is 12.1. The summed E-state index contributed by atoms with van der Waals surface area (Å²) < 4.78 is 0. The van der Waals surface area contributed by atoms with Crippen molar-refractivity contribution in [2.75, 3.05) is 0 Å². The Labute approximate surface area is 107 Å². The molecule has 0 aromatic heterocycles. The van der Waals surface area contributed by atoms with Crippen LogP contribution in [-0.4, -0.2) is 11.1 Å². The molecule has 1 N–H and O–H groups in total. The second-order valence-corrected chi connectivity index (χ2v) is 4.29. The summed E-state index contributed by atoms with van der Waals surface area (Å²) in [6.45, 7) is 1.89. The Morgan fingerprint density at radius 1 is 1.00 bits per heavy atom. The lowest BCUT2D eigenvalue weighted by atomic mass is 9.94. The molecule has 0 amide bonds. The van der Waals surface area contributed by atoms with Crippen molar-refractivity contribution in [3.05, 3.63) is 60.2 Å². The van der Waals surface area contributed by atoms with E-state index in [1.165, 1.54) is 0 Å². The standard InChI is InChI=1S/C16H16O2/c1-2-15(16(17)18)14-10-8-13(9-11-14)12-6-4-3-5-7-12/h3-11,15H,2H2,1H3,(H,17,18)/t15-/m0/s1. The Morgan fingerprint density at radius 2 is 1.56 bits per heavy atom. The summed E-state index contributed by atoms with van der Waals surface area (Å²) >= 11 is 0. The molecule has 18 heavy (non-hydrogen) atoms. The van der Waals surface area contributed by atoms with Crippen LogP contribution in [-0.2, 0) is 4.79 Å². The van der Waals surface area contributed by atoms with E-state index in [1.807, 2.05) is 61.5 Å². The molecule has 0 fully saturated rings. The minimum atomic E-state index is -0.759. The van der Waals surface area contributed by atoms with Crippen molar-refractivity contribution in [3.8, 4) is 11.1 Å². The molecular weight excluding hydrogens is 224 g/mol. The van der Waals surface area contributed by atoms with Gasteiger partial charge in [-0.15, -0.1) is 0 Å². The highest BCUT2D eigenvalue weighted by molar-refractivity contribution is 5.76. The van der Waals surface area contributed by atoms with Crippen molar-refractivity contribution < 1.29 is 9.90 Å². The molecule has 0 radical (unpaired) electrons. The van der Waals surface area contributed by atoms with Crippen LogP contribution < -0.4 is 0 Å². The molecule has 0 saturated heterocycles. The topological polar surface area (TPSA) is 37.3 Å². The third-order valence-electron chi connectivity index (χ3n) is 3.13. The molecule has 2 aromatic rings. The Kier molecular flexibility index (Phi) is 3.78. The summed E-state index contributed by atoms with van der Waals surface area (Å²) in [4.78, 5) is 11.1. The van der Waals surface area contributed by atoms with Crippen molar-refractivity contribution in [3.63, 3.8) is 0 Å². The minimum absolute atomic E-state index is 0.408. The monoisotopic (exact) mass is 240 g/mol. The smallest absolute Gasteiger partial charge is 0.310 e. The van der Waals surface area contributed by atoms with Crippen LogP contribution in [0.1, 0.15) is 24.8 Å². The van der Waals surface area contributed by atoms with E-state index in [-0.39, 0.29) is 0 Å². The van der Waals surface area contributed by atoms with Crippen LogP contribution in [0.2, 0.25) is 0 Å². The van der Waals surface area contributed by atoms with Gasteiger partial charge in [0.1, 0.15) is 0 Å². The van der Waals surface area contributed by atoms with E-state index in [4.69, 9.17) is 5.11 Å². The van der Waals surface area contributed by atoms with Gasteiger partial charge >= 0.3 is 5.97 Å². The van der Waals surface area contributed by atoms with Crippen LogP contribution in [0.15, 0.2) is 54.6 Å². The summed E-state index contributed by atoms with van der Waals surface area (Å²) in [6.07, 6.45) is 0.611. The fourth-order valence-electron chi connectivity index (χ4n) is 2.09. The lowest BCUT2D eigenvalue weighted by Crippen LogP contribution is -2.10. The van der Waals surface area contributed by atoms with Crippen molar-refractivity contribution in [2.45, 2.75) is 19.3 Å². The third kappa shape index (κ3) is 2.59. The zero-order valence-corrected chi connectivity index (χ0v) is 10.3. The van der Waals surface area contributed by atoms with E-state index in [2.05, 4.69) is 0 Å². The van der Waals surface area contributed by atoms with Crippen molar-refractivity contribution in [1.29, 1.82) is 0 Å². The lowest BCUT2D eigenvalue weighted by molar-refractivity contribution is -0.138. The fraction of sp³-hybridized carbons (Fsp3) is 0.188.